The first-order valence-electron chi connectivity index (χ1n) is 6.10. The largest absolute Gasteiger partial charge is 0.301 e. The van der Waals surface area contributed by atoms with Crippen LogP contribution in [0.5, 0.6) is 0 Å². The van der Waals surface area contributed by atoms with Gasteiger partial charge in [-0.2, -0.15) is 4.72 Å². The van der Waals surface area contributed by atoms with Crippen LogP contribution in [0.1, 0.15) is 17.5 Å². The number of anilines is 1. The van der Waals surface area contributed by atoms with Crippen molar-refractivity contribution in [2.24, 2.45) is 0 Å². The second-order valence-electron chi connectivity index (χ2n) is 4.42. The number of thiophene rings is 1. The quantitative estimate of drug-likeness (QED) is 0.869. The fraction of sp³-hybridized carbons (Fsp3) is 0.333. The molecule has 0 aliphatic heterocycles. The lowest BCUT2D eigenvalue weighted by atomic mass is 10.3. The molecule has 0 bridgehead atoms. The molecule has 2 N–H and O–H groups in total. The molecule has 0 spiro atoms. The normalized spacial score (nSPS) is 13.1. The smallest absolute Gasteiger partial charge is 0.250 e. The first kappa shape index (κ1) is 16.1. The number of hydrogen-bond acceptors (Lipinski definition) is 6. The third-order valence-electron chi connectivity index (χ3n) is 2.74. The lowest BCUT2D eigenvalue weighted by Gasteiger charge is -2.12. The van der Waals surface area contributed by atoms with Crippen molar-refractivity contribution in [3.63, 3.8) is 0 Å². The van der Waals surface area contributed by atoms with Crippen molar-refractivity contribution >= 4 is 43.7 Å². The van der Waals surface area contributed by atoms with E-state index in [1.807, 2.05) is 13.8 Å². The third-order valence-corrected chi connectivity index (χ3v) is 6.67. The molecule has 2 aromatic rings. The number of aryl methyl sites for hydroxylation is 2. The molecule has 0 radical (unpaired) electrons. The second kappa shape index (κ2) is 6.22. The molecular formula is C12H15N3O3S3. The lowest BCUT2D eigenvalue weighted by Crippen LogP contribution is -2.41. The zero-order valence-corrected chi connectivity index (χ0v) is 14.2. The Labute approximate surface area is 131 Å². The lowest BCUT2D eigenvalue weighted by molar-refractivity contribution is -0.117. The number of nitrogens with zero attached hydrogens (tertiary/aromatic N) is 1. The van der Waals surface area contributed by atoms with Gasteiger partial charge in [0.15, 0.2) is 5.13 Å². The average Bonchev–Trinajstić information content (AvgIpc) is 3.00. The zero-order chi connectivity index (χ0) is 15.6. The Hall–Kier alpha value is -1.29. The van der Waals surface area contributed by atoms with Crippen molar-refractivity contribution in [1.29, 1.82) is 0 Å². The van der Waals surface area contributed by atoms with Gasteiger partial charge in [-0.1, -0.05) is 6.07 Å². The molecule has 0 saturated heterocycles. The van der Waals surface area contributed by atoms with Gasteiger partial charge in [-0.05, 0) is 32.2 Å². The summed E-state index contributed by atoms with van der Waals surface area (Å²) in [5, 5.41) is 4.75. The summed E-state index contributed by atoms with van der Waals surface area (Å²) in [6.45, 7) is 5.25. The fourth-order valence-corrected chi connectivity index (χ4v) is 4.53. The molecular weight excluding hydrogens is 330 g/mol. The van der Waals surface area contributed by atoms with E-state index in [0.717, 1.165) is 21.9 Å². The number of amides is 1. The van der Waals surface area contributed by atoms with Crippen LogP contribution in [-0.4, -0.2) is 25.4 Å². The molecule has 2 aromatic heterocycles. The van der Waals surface area contributed by atoms with Crippen LogP contribution in [0.15, 0.2) is 21.7 Å². The highest BCUT2D eigenvalue weighted by Crippen LogP contribution is 2.21. The second-order valence-corrected chi connectivity index (χ2v) is 8.52. The molecule has 114 valence electrons. The minimum Gasteiger partial charge on any atom is -0.301 e. The number of carbonyl (C=O) groups is 1. The molecule has 9 heteroatoms. The van der Waals surface area contributed by atoms with E-state index in [-0.39, 0.29) is 4.21 Å². The molecule has 0 fully saturated rings. The van der Waals surface area contributed by atoms with Gasteiger partial charge in [0.25, 0.3) is 10.0 Å². The molecule has 0 saturated carbocycles. The third kappa shape index (κ3) is 3.88. The molecule has 21 heavy (non-hydrogen) atoms. The highest BCUT2D eigenvalue weighted by atomic mass is 32.2. The van der Waals surface area contributed by atoms with Crippen molar-refractivity contribution in [2.75, 3.05) is 5.32 Å². The van der Waals surface area contributed by atoms with E-state index in [1.165, 1.54) is 24.3 Å². The average molecular weight is 345 g/mol. The maximum atomic E-state index is 12.0. The van der Waals surface area contributed by atoms with Gasteiger partial charge in [-0.3, -0.25) is 4.79 Å². The Balaban J connectivity index is 2.03. The van der Waals surface area contributed by atoms with Crippen LogP contribution >= 0.6 is 22.7 Å². The van der Waals surface area contributed by atoms with Crippen LogP contribution in [-0.2, 0) is 14.8 Å². The highest BCUT2D eigenvalue weighted by molar-refractivity contribution is 7.91. The fourth-order valence-electron chi connectivity index (χ4n) is 1.50. The summed E-state index contributed by atoms with van der Waals surface area (Å²) < 4.78 is 26.6. The Morgan fingerprint density at radius 3 is 2.62 bits per heavy atom. The topological polar surface area (TPSA) is 88.2 Å². The maximum absolute atomic E-state index is 12.0. The summed E-state index contributed by atoms with van der Waals surface area (Å²) in [5.41, 5.74) is 0.849. The molecule has 2 heterocycles. The van der Waals surface area contributed by atoms with Gasteiger partial charge in [0.1, 0.15) is 4.21 Å². The Bertz CT molecular complexity index is 716. The molecule has 0 aromatic carbocycles. The van der Waals surface area contributed by atoms with Gasteiger partial charge in [0.05, 0.1) is 11.7 Å². The van der Waals surface area contributed by atoms with Crippen molar-refractivity contribution in [2.45, 2.75) is 31.0 Å². The number of nitrogens with one attached hydrogen (secondary N) is 2. The predicted octanol–water partition coefficient (Wildman–Crippen LogP) is 2.13. The van der Waals surface area contributed by atoms with Crippen molar-refractivity contribution in [3.05, 3.63) is 28.1 Å². The van der Waals surface area contributed by atoms with Crippen molar-refractivity contribution < 1.29 is 13.2 Å². The van der Waals surface area contributed by atoms with E-state index in [0.29, 0.717) is 5.13 Å². The molecule has 0 aliphatic rings. The van der Waals surface area contributed by atoms with E-state index in [9.17, 15) is 13.2 Å². The zero-order valence-electron chi connectivity index (χ0n) is 11.7. The van der Waals surface area contributed by atoms with E-state index in [2.05, 4.69) is 15.0 Å². The number of rotatable bonds is 5. The summed E-state index contributed by atoms with van der Waals surface area (Å²) in [5.74, 6) is -0.441. The Kier molecular flexibility index (Phi) is 4.77. The number of aromatic nitrogens is 1. The van der Waals surface area contributed by atoms with E-state index >= 15 is 0 Å². The van der Waals surface area contributed by atoms with Gasteiger partial charge >= 0.3 is 0 Å². The van der Waals surface area contributed by atoms with E-state index < -0.39 is 22.0 Å². The van der Waals surface area contributed by atoms with E-state index in [1.54, 1.807) is 11.4 Å². The van der Waals surface area contributed by atoms with Crippen LogP contribution in [0.4, 0.5) is 5.13 Å². The summed E-state index contributed by atoms with van der Waals surface area (Å²) in [7, 11) is -3.67. The van der Waals surface area contributed by atoms with Gasteiger partial charge < -0.3 is 5.32 Å². The molecule has 1 amide bonds. The molecule has 2 rings (SSSR count). The number of sulfonamides is 1. The maximum Gasteiger partial charge on any atom is 0.250 e. The van der Waals surface area contributed by atoms with E-state index in [4.69, 9.17) is 0 Å². The molecule has 0 aliphatic carbocycles. The number of hydrogen-bond donors (Lipinski definition) is 2. The van der Waals surface area contributed by atoms with Crippen molar-refractivity contribution in [1.82, 2.24) is 9.71 Å². The van der Waals surface area contributed by atoms with Gasteiger partial charge in [-0.25, -0.2) is 13.4 Å². The number of carbonyl (C=O) groups excluding carboxylic acids is 1. The van der Waals surface area contributed by atoms with Crippen LogP contribution < -0.4 is 10.0 Å². The van der Waals surface area contributed by atoms with Crippen LogP contribution in [0.25, 0.3) is 0 Å². The summed E-state index contributed by atoms with van der Waals surface area (Å²) in [4.78, 5) is 17.2. The van der Waals surface area contributed by atoms with Gasteiger partial charge in [-0.15, -0.1) is 22.7 Å². The van der Waals surface area contributed by atoms with Gasteiger partial charge in [0.2, 0.25) is 5.91 Å². The van der Waals surface area contributed by atoms with Crippen LogP contribution in [0.2, 0.25) is 0 Å². The first-order chi connectivity index (χ1) is 9.79. The Morgan fingerprint density at radius 2 is 2.10 bits per heavy atom. The first-order valence-corrected chi connectivity index (χ1v) is 9.28. The minimum absolute atomic E-state index is 0.183. The summed E-state index contributed by atoms with van der Waals surface area (Å²) in [6, 6.07) is 2.25. The molecule has 1 unspecified atom stereocenters. The van der Waals surface area contributed by atoms with Crippen molar-refractivity contribution in [3.8, 4) is 0 Å². The van der Waals surface area contributed by atoms with Crippen LogP contribution in [0, 0.1) is 13.8 Å². The molecule has 1 atom stereocenters. The monoisotopic (exact) mass is 345 g/mol. The SMILES string of the molecule is Cc1nc(NC(=O)C(C)NS(=O)(=O)c2cccs2)sc1C. The van der Waals surface area contributed by atoms with Gasteiger partial charge in [0, 0.05) is 4.88 Å². The predicted molar refractivity (Wildman–Crippen MR) is 84.3 cm³/mol. The Morgan fingerprint density at radius 1 is 1.38 bits per heavy atom. The summed E-state index contributed by atoms with van der Waals surface area (Å²) >= 11 is 2.46. The number of thiazole rings is 1. The summed E-state index contributed by atoms with van der Waals surface area (Å²) in [6.07, 6.45) is 0. The van der Waals surface area contributed by atoms with Crippen LogP contribution in [0.3, 0.4) is 0 Å². The highest BCUT2D eigenvalue weighted by Gasteiger charge is 2.23. The standard InChI is InChI=1S/C12H15N3O3S3/c1-7-9(3)20-12(13-7)14-11(16)8(2)15-21(17,18)10-5-4-6-19-10/h4-6,8,15H,1-3H3,(H,13,14,16). The molecule has 6 nitrogen and oxygen atoms in total. The minimum atomic E-state index is -3.67.